The molecule has 0 fully saturated rings. The van der Waals surface area contributed by atoms with Crippen molar-refractivity contribution in [2.45, 2.75) is 12.8 Å². The van der Waals surface area contributed by atoms with Gasteiger partial charge in [-0.3, -0.25) is 14.6 Å². The zero-order valence-corrected chi connectivity index (χ0v) is 18.3. The van der Waals surface area contributed by atoms with Crippen LogP contribution in [0, 0.1) is 0 Å². The number of phenols is 1. The van der Waals surface area contributed by atoms with Gasteiger partial charge in [0, 0.05) is 30.1 Å². The normalized spacial score (nSPS) is 19.2. The van der Waals surface area contributed by atoms with Crippen LogP contribution in [-0.2, 0) is 9.59 Å². The summed E-state index contributed by atoms with van der Waals surface area (Å²) in [6, 6.07) is 3.67. The molecule has 160 valence electrons. The summed E-state index contributed by atoms with van der Waals surface area (Å²) in [5.74, 6) is -0.955. The van der Waals surface area contributed by atoms with E-state index in [0.29, 0.717) is 40.7 Å². The number of nitrogens with zero attached hydrogens (tertiary/aromatic N) is 4. The Morgan fingerprint density at radius 3 is 2.39 bits per heavy atom. The Balaban J connectivity index is 1.89. The second kappa shape index (κ2) is 8.17. The van der Waals surface area contributed by atoms with Crippen molar-refractivity contribution >= 4 is 28.5 Å². The van der Waals surface area contributed by atoms with Crippen molar-refractivity contribution in [1.82, 2.24) is 9.80 Å². The molecule has 7 nitrogen and oxygen atoms in total. The lowest BCUT2D eigenvalue weighted by molar-refractivity contribution is -0.131. The van der Waals surface area contributed by atoms with Crippen LogP contribution in [0.15, 0.2) is 51.6 Å². The minimum absolute atomic E-state index is 0.118. The van der Waals surface area contributed by atoms with Crippen molar-refractivity contribution in [1.29, 1.82) is 0 Å². The maximum absolute atomic E-state index is 12.7. The average Bonchev–Trinajstić information content (AvgIpc) is 3.30. The van der Waals surface area contributed by atoms with Crippen LogP contribution in [0.4, 0.5) is 0 Å². The molecule has 0 unspecified atom stereocenters. The number of aliphatic imine (C=N–C) groups is 1. The summed E-state index contributed by atoms with van der Waals surface area (Å²) >= 11 is 0. The van der Waals surface area contributed by atoms with Gasteiger partial charge in [-0.2, -0.15) is 0 Å². The van der Waals surface area contributed by atoms with E-state index >= 15 is 0 Å². The zero-order chi connectivity index (χ0) is 22.3. The quantitative estimate of drug-likeness (QED) is 0.692. The SMILES string of the molecule is CN(C)CCC1=CN=c2ccc(=C3N=C4C=CC(=O)C(=O)C4=C3CCN(C)C)c(O)c21. The Hall–Kier alpha value is -3.16. The van der Waals surface area contributed by atoms with Gasteiger partial charge in [0.25, 0.3) is 0 Å². The molecule has 1 aliphatic carbocycles. The van der Waals surface area contributed by atoms with Gasteiger partial charge in [0.1, 0.15) is 5.75 Å². The maximum Gasteiger partial charge on any atom is 0.235 e. The number of rotatable bonds is 6. The first-order valence-electron chi connectivity index (χ1n) is 10.3. The highest BCUT2D eigenvalue weighted by Gasteiger charge is 2.34. The van der Waals surface area contributed by atoms with E-state index in [1.807, 2.05) is 39.2 Å². The van der Waals surface area contributed by atoms with Gasteiger partial charge in [-0.1, -0.05) is 0 Å². The molecular weight excluding hydrogens is 392 g/mol. The third-order valence-corrected chi connectivity index (χ3v) is 5.65. The third-order valence-electron chi connectivity index (χ3n) is 5.65. The van der Waals surface area contributed by atoms with E-state index < -0.39 is 11.6 Å². The topological polar surface area (TPSA) is 85.6 Å². The van der Waals surface area contributed by atoms with Crippen molar-refractivity contribution < 1.29 is 14.7 Å². The first-order chi connectivity index (χ1) is 14.8. The fraction of sp³-hybridized carbons (Fsp3) is 0.333. The van der Waals surface area contributed by atoms with Gasteiger partial charge in [-0.15, -0.1) is 0 Å². The Labute approximate surface area is 181 Å². The van der Waals surface area contributed by atoms with Crippen molar-refractivity contribution in [2.24, 2.45) is 9.98 Å². The summed E-state index contributed by atoms with van der Waals surface area (Å²) in [7, 11) is 7.91. The van der Waals surface area contributed by atoms with Gasteiger partial charge in [0.2, 0.25) is 11.6 Å². The molecule has 1 N–H and O–H groups in total. The van der Waals surface area contributed by atoms with Crippen molar-refractivity contribution in [3.05, 3.63) is 57.8 Å². The van der Waals surface area contributed by atoms with Crippen molar-refractivity contribution in [3.63, 3.8) is 0 Å². The molecule has 1 aromatic rings. The molecule has 0 atom stereocenters. The lowest BCUT2D eigenvalue weighted by Gasteiger charge is -2.14. The summed E-state index contributed by atoms with van der Waals surface area (Å²) in [5.41, 5.74) is 3.80. The van der Waals surface area contributed by atoms with Gasteiger partial charge in [0.15, 0.2) is 0 Å². The first-order valence-corrected chi connectivity index (χ1v) is 10.3. The second-order valence-electron chi connectivity index (χ2n) is 8.47. The van der Waals surface area contributed by atoms with Crippen LogP contribution in [0.2, 0.25) is 0 Å². The number of aromatic hydroxyl groups is 1. The number of allylic oxidation sites excluding steroid dienone is 3. The molecule has 7 heteroatoms. The van der Waals surface area contributed by atoms with Crippen LogP contribution < -0.4 is 10.6 Å². The number of carbonyl (C=O) groups is 2. The van der Waals surface area contributed by atoms with Gasteiger partial charge < -0.3 is 14.9 Å². The fourth-order valence-electron chi connectivity index (χ4n) is 3.99. The summed E-state index contributed by atoms with van der Waals surface area (Å²) in [6.45, 7) is 1.52. The Bertz CT molecular complexity index is 1230. The highest BCUT2D eigenvalue weighted by atomic mass is 16.3. The first kappa shape index (κ1) is 21.1. The van der Waals surface area contributed by atoms with Gasteiger partial charge in [0.05, 0.1) is 22.3 Å². The molecule has 0 aromatic heterocycles. The number of phenolic OH excluding ortho intramolecular Hbond substituents is 1. The predicted molar refractivity (Wildman–Crippen MR) is 120 cm³/mol. The standard InChI is InChI=1S/C24H26N4O3/c1-27(2)11-9-14-13-25-17-6-5-16(23(30)20(14)17)22-15(10-12-28(3)4)21-18(26-22)7-8-19(29)24(21)31/h5-8,13,30H,9-12H2,1-4H3. The van der Waals surface area contributed by atoms with Crippen LogP contribution in [0.1, 0.15) is 18.4 Å². The van der Waals surface area contributed by atoms with Crippen molar-refractivity contribution in [2.75, 3.05) is 41.3 Å². The summed E-state index contributed by atoms with van der Waals surface area (Å²) in [6.07, 6.45) is 5.96. The number of benzene rings is 1. The van der Waals surface area contributed by atoms with Crippen LogP contribution in [0.25, 0.3) is 11.3 Å². The number of hydrogen-bond donors (Lipinski definition) is 1. The van der Waals surface area contributed by atoms with Gasteiger partial charge in [-0.05, 0) is 76.5 Å². The molecule has 0 saturated heterocycles. The number of ketones is 2. The van der Waals surface area contributed by atoms with Crippen LogP contribution in [-0.4, -0.2) is 73.5 Å². The summed E-state index contributed by atoms with van der Waals surface area (Å²) < 4.78 is 0. The van der Waals surface area contributed by atoms with Crippen molar-refractivity contribution in [3.8, 4) is 5.75 Å². The van der Waals surface area contributed by atoms with E-state index in [1.165, 1.54) is 6.08 Å². The largest absolute Gasteiger partial charge is 0.507 e. The lowest BCUT2D eigenvalue weighted by atomic mass is 9.91. The molecular formula is C24H26N4O3. The van der Waals surface area contributed by atoms with Crippen LogP contribution in [0.3, 0.4) is 0 Å². The van der Waals surface area contributed by atoms with Gasteiger partial charge in [-0.25, -0.2) is 4.99 Å². The minimum atomic E-state index is -0.538. The zero-order valence-electron chi connectivity index (χ0n) is 18.3. The van der Waals surface area contributed by atoms with Crippen LogP contribution >= 0.6 is 0 Å². The monoisotopic (exact) mass is 418 g/mol. The number of hydrogen-bond acceptors (Lipinski definition) is 7. The molecule has 0 radical (unpaired) electrons. The van der Waals surface area contributed by atoms with Gasteiger partial charge >= 0.3 is 0 Å². The lowest BCUT2D eigenvalue weighted by Crippen LogP contribution is -2.24. The van der Waals surface area contributed by atoms with E-state index in [9.17, 15) is 14.7 Å². The molecule has 0 spiro atoms. The molecule has 0 bridgehead atoms. The van der Waals surface area contributed by atoms with E-state index in [4.69, 9.17) is 0 Å². The Kier molecular flexibility index (Phi) is 5.56. The van der Waals surface area contributed by atoms with E-state index in [0.717, 1.165) is 29.5 Å². The molecule has 2 aliphatic heterocycles. The number of fused-ring (bicyclic) bond motifs is 2. The summed E-state index contributed by atoms with van der Waals surface area (Å²) in [5, 5.41) is 12.5. The molecule has 3 aliphatic rings. The molecule has 31 heavy (non-hydrogen) atoms. The molecule has 0 amide bonds. The summed E-state index contributed by atoms with van der Waals surface area (Å²) in [4.78, 5) is 37.9. The molecule has 0 saturated carbocycles. The highest BCUT2D eigenvalue weighted by molar-refractivity contribution is 6.58. The number of carbonyl (C=O) groups excluding carboxylic acids is 2. The fourth-order valence-corrected chi connectivity index (χ4v) is 3.99. The van der Waals surface area contributed by atoms with E-state index in [1.54, 1.807) is 18.3 Å². The number of Topliss-reactive ketones (excluding diaryl/α,β-unsaturated/α-hetero) is 1. The minimum Gasteiger partial charge on any atom is -0.507 e. The third kappa shape index (κ3) is 3.82. The smallest absolute Gasteiger partial charge is 0.235 e. The molecule has 4 rings (SSSR count). The molecule has 2 heterocycles. The van der Waals surface area contributed by atoms with E-state index in [2.05, 4.69) is 14.9 Å². The molecule has 1 aromatic carbocycles. The second-order valence-corrected chi connectivity index (χ2v) is 8.47. The van der Waals surface area contributed by atoms with Crippen LogP contribution in [0.5, 0.6) is 5.75 Å². The predicted octanol–water partition coefficient (Wildman–Crippen LogP) is 0.837. The Morgan fingerprint density at radius 1 is 0.968 bits per heavy atom. The van der Waals surface area contributed by atoms with E-state index in [-0.39, 0.29) is 5.75 Å². The maximum atomic E-state index is 12.7. The average molecular weight is 418 g/mol. The Morgan fingerprint density at radius 2 is 1.68 bits per heavy atom. The highest BCUT2D eigenvalue weighted by Crippen LogP contribution is 2.33.